The van der Waals surface area contributed by atoms with Gasteiger partial charge in [0.1, 0.15) is 11.2 Å². The lowest BCUT2D eigenvalue weighted by Crippen LogP contribution is -2.29. The van der Waals surface area contributed by atoms with E-state index in [1.165, 1.54) is 24.8 Å². The van der Waals surface area contributed by atoms with Crippen LogP contribution in [0.4, 0.5) is 0 Å². The highest BCUT2D eigenvalue weighted by Crippen LogP contribution is 2.33. The van der Waals surface area contributed by atoms with Gasteiger partial charge in [-0.3, -0.25) is 20.0 Å². The highest BCUT2D eigenvalue weighted by Gasteiger charge is 2.17. The molecule has 1 aliphatic rings. The summed E-state index contributed by atoms with van der Waals surface area (Å²) in [6, 6.07) is 12.2. The number of nitrogens with zero attached hydrogens (tertiary/aromatic N) is 5. The van der Waals surface area contributed by atoms with Gasteiger partial charge >= 0.3 is 0 Å². The van der Waals surface area contributed by atoms with Crippen molar-refractivity contribution in [1.82, 2.24) is 35.0 Å². The molecule has 0 aromatic carbocycles. The second-order valence-corrected chi connectivity index (χ2v) is 9.40. The molecule has 2 N–H and O–H groups in total. The molecule has 0 spiro atoms. The lowest BCUT2D eigenvalue weighted by molar-refractivity contribution is 0.220. The molecule has 0 bridgehead atoms. The lowest BCUT2D eigenvalue weighted by atomic mass is 10.1. The summed E-state index contributed by atoms with van der Waals surface area (Å²) < 4.78 is 5.28. The summed E-state index contributed by atoms with van der Waals surface area (Å²) in [7, 11) is 0. The van der Waals surface area contributed by atoms with Gasteiger partial charge in [0.05, 0.1) is 35.1 Å². The molecular weight excluding hydrogens is 450 g/mol. The van der Waals surface area contributed by atoms with E-state index in [2.05, 4.69) is 42.2 Å². The minimum absolute atomic E-state index is 0.777. The largest absolute Gasteiger partial charge is 0.472 e. The van der Waals surface area contributed by atoms with Gasteiger partial charge in [0.2, 0.25) is 0 Å². The van der Waals surface area contributed by atoms with E-state index in [0.717, 1.165) is 75.5 Å². The minimum atomic E-state index is 0.777. The van der Waals surface area contributed by atoms with E-state index in [1.54, 1.807) is 18.7 Å². The van der Waals surface area contributed by atoms with Gasteiger partial charge in [-0.25, -0.2) is 4.98 Å². The van der Waals surface area contributed by atoms with Crippen LogP contribution in [0.5, 0.6) is 0 Å². The van der Waals surface area contributed by atoms with Gasteiger partial charge in [-0.15, -0.1) is 0 Å². The van der Waals surface area contributed by atoms with Crippen LogP contribution in [0.2, 0.25) is 0 Å². The SMILES string of the molecule is c1cc2[nH]c(-c3n[nH]c4ccc(-c5cncc(CN6CCCCC6)c5)nc34)cc2c(-c2ccoc2)n1. The van der Waals surface area contributed by atoms with Gasteiger partial charge in [-0.1, -0.05) is 6.42 Å². The Balaban J connectivity index is 1.26. The maximum absolute atomic E-state index is 5.28. The van der Waals surface area contributed by atoms with E-state index < -0.39 is 0 Å². The standard InChI is InChI=1S/C28H25N7O/c1-2-9-35(10-3-1)16-18-12-20(15-29-14-18)22-4-5-24-27(32-22)28(34-33-24)25-13-21-23(31-25)6-8-30-26(21)19-7-11-36-17-19/h4-8,11-15,17,31H,1-3,9-10,16H2,(H,33,34). The van der Waals surface area contributed by atoms with E-state index in [9.17, 15) is 0 Å². The van der Waals surface area contributed by atoms with Gasteiger partial charge in [0.25, 0.3) is 0 Å². The molecule has 36 heavy (non-hydrogen) atoms. The van der Waals surface area contributed by atoms with E-state index in [0.29, 0.717) is 0 Å². The molecule has 0 aliphatic carbocycles. The zero-order chi connectivity index (χ0) is 23.9. The molecule has 1 saturated heterocycles. The van der Waals surface area contributed by atoms with Crippen LogP contribution in [-0.4, -0.2) is 48.1 Å². The number of fused-ring (bicyclic) bond motifs is 2. The molecule has 6 aromatic rings. The second-order valence-electron chi connectivity index (χ2n) is 9.40. The molecule has 0 unspecified atom stereocenters. The number of likely N-dealkylation sites (tertiary alicyclic amines) is 1. The summed E-state index contributed by atoms with van der Waals surface area (Å²) >= 11 is 0. The Hall–Kier alpha value is -4.30. The molecule has 0 radical (unpaired) electrons. The first kappa shape index (κ1) is 21.0. The number of H-pyrrole nitrogens is 2. The number of aromatic amines is 2. The van der Waals surface area contributed by atoms with Crippen LogP contribution in [0.25, 0.3) is 55.8 Å². The Bertz CT molecular complexity index is 1660. The highest BCUT2D eigenvalue weighted by atomic mass is 16.3. The van der Waals surface area contributed by atoms with Crippen molar-refractivity contribution in [2.45, 2.75) is 25.8 Å². The van der Waals surface area contributed by atoms with Crippen molar-refractivity contribution in [3.05, 3.63) is 73.1 Å². The van der Waals surface area contributed by atoms with Crippen molar-refractivity contribution in [3.8, 4) is 33.9 Å². The Labute approximate surface area is 207 Å². The second kappa shape index (κ2) is 8.73. The molecule has 6 aromatic heterocycles. The first-order valence-corrected chi connectivity index (χ1v) is 12.3. The monoisotopic (exact) mass is 475 g/mol. The smallest absolute Gasteiger partial charge is 0.135 e. The average Bonchev–Trinajstić information content (AvgIpc) is 3.68. The molecule has 0 amide bonds. The van der Waals surface area contributed by atoms with Gasteiger partial charge in [0, 0.05) is 47.2 Å². The molecule has 1 aliphatic heterocycles. The summed E-state index contributed by atoms with van der Waals surface area (Å²) in [6.45, 7) is 3.26. The van der Waals surface area contributed by atoms with Crippen LogP contribution in [0.15, 0.2) is 71.9 Å². The summed E-state index contributed by atoms with van der Waals surface area (Å²) in [5.74, 6) is 0. The minimum Gasteiger partial charge on any atom is -0.472 e. The van der Waals surface area contributed by atoms with Gasteiger partial charge in [0.15, 0.2) is 0 Å². The normalized spacial score (nSPS) is 14.7. The number of nitrogens with one attached hydrogen (secondary N) is 2. The van der Waals surface area contributed by atoms with E-state index >= 15 is 0 Å². The van der Waals surface area contributed by atoms with Gasteiger partial charge in [-0.05, 0) is 67.9 Å². The Kier molecular flexibility index (Phi) is 5.10. The number of hydrogen-bond acceptors (Lipinski definition) is 6. The molecular formula is C28H25N7O. The molecule has 178 valence electrons. The predicted molar refractivity (Wildman–Crippen MR) is 139 cm³/mol. The average molecular weight is 476 g/mol. The molecule has 0 saturated carbocycles. The maximum atomic E-state index is 5.28. The Morgan fingerprint density at radius 3 is 2.75 bits per heavy atom. The van der Waals surface area contributed by atoms with Gasteiger partial charge in [-0.2, -0.15) is 5.10 Å². The van der Waals surface area contributed by atoms with Crippen LogP contribution >= 0.6 is 0 Å². The molecule has 7 rings (SSSR count). The van der Waals surface area contributed by atoms with Crippen molar-refractivity contribution >= 4 is 21.9 Å². The fraction of sp³-hybridized carbons (Fsp3) is 0.214. The van der Waals surface area contributed by atoms with Crippen LogP contribution in [0.1, 0.15) is 24.8 Å². The maximum Gasteiger partial charge on any atom is 0.135 e. The summed E-state index contributed by atoms with van der Waals surface area (Å²) in [6.07, 6.45) is 12.9. The van der Waals surface area contributed by atoms with Crippen molar-refractivity contribution < 1.29 is 4.42 Å². The fourth-order valence-corrected chi connectivity index (χ4v) is 5.15. The van der Waals surface area contributed by atoms with Crippen molar-refractivity contribution in [2.75, 3.05) is 13.1 Å². The van der Waals surface area contributed by atoms with Crippen molar-refractivity contribution in [1.29, 1.82) is 0 Å². The highest BCUT2D eigenvalue weighted by molar-refractivity contribution is 5.99. The van der Waals surface area contributed by atoms with Gasteiger partial charge < -0.3 is 9.40 Å². The summed E-state index contributed by atoms with van der Waals surface area (Å²) in [4.78, 5) is 20.1. The molecule has 7 heterocycles. The Morgan fingerprint density at radius 2 is 1.86 bits per heavy atom. The first-order valence-electron chi connectivity index (χ1n) is 12.3. The van der Waals surface area contributed by atoms with E-state index in [-0.39, 0.29) is 0 Å². The quantitative estimate of drug-likeness (QED) is 0.326. The van der Waals surface area contributed by atoms with Crippen molar-refractivity contribution in [2.24, 2.45) is 0 Å². The molecule has 0 atom stereocenters. The lowest BCUT2D eigenvalue weighted by Gasteiger charge is -2.26. The number of piperidine rings is 1. The van der Waals surface area contributed by atoms with Crippen LogP contribution in [0.3, 0.4) is 0 Å². The molecule has 8 nitrogen and oxygen atoms in total. The zero-order valence-corrected chi connectivity index (χ0v) is 19.7. The predicted octanol–water partition coefficient (Wildman–Crippen LogP) is 5.81. The fourth-order valence-electron chi connectivity index (χ4n) is 5.15. The van der Waals surface area contributed by atoms with E-state index in [4.69, 9.17) is 9.40 Å². The van der Waals surface area contributed by atoms with Crippen LogP contribution < -0.4 is 0 Å². The first-order chi connectivity index (χ1) is 17.8. The third-order valence-corrected chi connectivity index (χ3v) is 6.95. The summed E-state index contributed by atoms with van der Waals surface area (Å²) in [5, 5.41) is 8.74. The number of furan rings is 1. The van der Waals surface area contributed by atoms with Crippen LogP contribution in [0, 0.1) is 0 Å². The third kappa shape index (κ3) is 3.76. The zero-order valence-electron chi connectivity index (χ0n) is 19.7. The summed E-state index contributed by atoms with van der Waals surface area (Å²) in [5.41, 5.74) is 9.28. The van der Waals surface area contributed by atoms with Crippen LogP contribution in [-0.2, 0) is 6.54 Å². The Morgan fingerprint density at radius 1 is 0.917 bits per heavy atom. The third-order valence-electron chi connectivity index (χ3n) is 6.95. The number of hydrogen-bond donors (Lipinski definition) is 2. The number of rotatable bonds is 5. The van der Waals surface area contributed by atoms with E-state index in [1.807, 2.05) is 36.7 Å². The topological polar surface area (TPSA) is 99.5 Å². The molecule has 1 fully saturated rings. The number of pyridine rings is 3. The van der Waals surface area contributed by atoms with Crippen molar-refractivity contribution in [3.63, 3.8) is 0 Å². The molecule has 8 heteroatoms. The number of aromatic nitrogens is 6.